The fourth-order valence-electron chi connectivity index (χ4n) is 0.577. The number of carbonyl (C=O) groups excluding carboxylic acids is 2. The predicted molar refractivity (Wildman–Crippen MR) is 24.2 cm³/mol. The van der Waals surface area contributed by atoms with Crippen molar-refractivity contribution in [2.75, 3.05) is 0 Å². The minimum Gasteiger partial charge on any atom is -0.273 e. The van der Waals surface area contributed by atoms with Gasteiger partial charge in [0.1, 0.15) is 0 Å². The van der Waals surface area contributed by atoms with E-state index >= 15 is 0 Å². The van der Waals surface area contributed by atoms with E-state index in [4.69, 9.17) is 5.84 Å². The van der Waals surface area contributed by atoms with Crippen molar-refractivity contribution < 1.29 is 9.59 Å². The summed E-state index contributed by atoms with van der Waals surface area (Å²) in [6.07, 6.45) is 0.421. The van der Waals surface area contributed by atoms with Gasteiger partial charge in [-0.2, -0.15) is 5.01 Å². The molecule has 0 spiro atoms. The van der Waals surface area contributed by atoms with E-state index in [2.05, 4.69) is 0 Å². The Labute approximate surface area is 46.2 Å². The third-order valence-electron chi connectivity index (χ3n) is 1.05. The first-order chi connectivity index (χ1) is 3.72. The van der Waals surface area contributed by atoms with Gasteiger partial charge in [-0.1, -0.05) is 0 Å². The molecule has 0 atom stereocenters. The highest BCUT2D eigenvalue weighted by Gasteiger charge is 2.26. The van der Waals surface area contributed by atoms with Crippen LogP contribution in [0.1, 0.15) is 12.8 Å². The molecule has 0 aromatic carbocycles. The van der Waals surface area contributed by atoms with Gasteiger partial charge in [0.25, 0.3) is 0 Å². The van der Waals surface area contributed by atoms with Crippen molar-refractivity contribution in [3.8, 4) is 0 Å². The fourth-order valence-corrected chi connectivity index (χ4v) is 0.577. The van der Waals surface area contributed by atoms with Crippen molar-refractivity contribution in [3.63, 3.8) is 0 Å². The summed E-state index contributed by atoms with van der Waals surface area (Å²) in [5.74, 6) is 5.89. The van der Waals surface area contributed by atoms with Crippen LogP contribution in [-0.4, -0.2) is 16.8 Å². The Hall–Kier alpha value is -0.900. The molecule has 1 radical (unpaired) electrons. The lowest BCUT2D eigenvalue weighted by atomic mass is 10.4. The van der Waals surface area contributed by atoms with Gasteiger partial charge in [-0.25, -0.2) is 0 Å². The molecule has 0 unspecified atom stereocenters. The molecule has 0 aliphatic carbocycles. The Kier molecular flexibility index (Phi) is 1.02. The maximum atomic E-state index is 10.3. The molecule has 4 heteroatoms. The number of carbonyl (C=O) groups is 2. The lowest BCUT2D eigenvalue weighted by Crippen LogP contribution is -2.26. The molecule has 1 heterocycles. The van der Waals surface area contributed by atoms with E-state index in [0.29, 0.717) is 5.01 Å². The zero-order valence-electron chi connectivity index (χ0n) is 4.18. The summed E-state index contributed by atoms with van der Waals surface area (Å²) in [4.78, 5) is 20.6. The smallest absolute Gasteiger partial charge is 0.245 e. The summed E-state index contributed by atoms with van der Waals surface area (Å²) in [6.45, 7) is 0. The van der Waals surface area contributed by atoms with Gasteiger partial charge in [-0.3, -0.25) is 9.59 Å². The van der Waals surface area contributed by atoms with Crippen molar-refractivity contribution in [1.29, 1.82) is 0 Å². The molecule has 8 heavy (non-hydrogen) atoms. The maximum absolute atomic E-state index is 10.3. The molecule has 1 aliphatic heterocycles. The Bertz CT molecular complexity index is 127. The molecule has 2 amide bonds. The molecule has 4 nitrogen and oxygen atoms in total. The van der Waals surface area contributed by atoms with Crippen molar-refractivity contribution in [2.24, 2.45) is 0 Å². The minimum atomic E-state index is -0.394. The Morgan fingerprint density at radius 2 is 1.62 bits per heavy atom. The average molecular weight is 113 g/mol. The molecule has 1 saturated heterocycles. The van der Waals surface area contributed by atoms with Crippen LogP contribution in [0.5, 0.6) is 0 Å². The first kappa shape index (κ1) is 5.24. The van der Waals surface area contributed by atoms with Crippen LogP contribution in [0.2, 0.25) is 0 Å². The van der Waals surface area contributed by atoms with E-state index in [9.17, 15) is 9.59 Å². The topological polar surface area (TPSA) is 61.2 Å². The molecule has 1 aliphatic rings. The van der Waals surface area contributed by atoms with Gasteiger partial charge >= 0.3 is 0 Å². The number of amides is 2. The van der Waals surface area contributed by atoms with Crippen LogP contribution >= 0.6 is 0 Å². The highest BCUT2D eigenvalue weighted by atomic mass is 16.2. The van der Waals surface area contributed by atoms with Crippen LogP contribution in [0.15, 0.2) is 0 Å². The second kappa shape index (κ2) is 1.56. The standard InChI is InChI=1S/C4H5N2O2/c5-6-3(7)1-2-4(6)8/h5H,1-2H2. The summed E-state index contributed by atoms with van der Waals surface area (Å²) >= 11 is 0. The Morgan fingerprint density at radius 3 is 1.75 bits per heavy atom. The number of hydrogen-bond acceptors (Lipinski definition) is 2. The second-order valence-electron chi connectivity index (χ2n) is 1.62. The predicted octanol–water partition coefficient (Wildman–Crippen LogP) is -0.667. The molecule has 1 rings (SSSR count). The number of nitrogens with zero attached hydrogens (tertiary/aromatic N) is 1. The maximum Gasteiger partial charge on any atom is 0.245 e. The largest absolute Gasteiger partial charge is 0.273 e. The third kappa shape index (κ3) is 0.586. The molecule has 1 N–H and O–H groups in total. The first-order valence-corrected chi connectivity index (χ1v) is 2.29. The van der Waals surface area contributed by atoms with Gasteiger partial charge in [-0.15, -0.1) is 5.84 Å². The van der Waals surface area contributed by atoms with Gasteiger partial charge in [-0.05, 0) is 0 Å². The van der Waals surface area contributed by atoms with E-state index in [1.54, 1.807) is 0 Å². The monoisotopic (exact) mass is 113 g/mol. The van der Waals surface area contributed by atoms with Gasteiger partial charge < -0.3 is 0 Å². The highest BCUT2D eigenvalue weighted by Crippen LogP contribution is 2.06. The summed E-state index contributed by atoms with van der Waals surface area (Å²) in [5.41, 5.74) is 0. The van der Waals surface area contributed by atoms with Gasteiger partial charge in [0.15, 0.2) is 0 Å². The van der Waals surface area contributed by atoms with E-state index in [1.165, 1.54) is 0 Å². The lowest BCUT2D eigenvalue weighted by molar-refractivity contribution is -0.139. The molecule has 0 saturated carbocycles. The van der Waals surface area contributed by atoms with Crippen molar-refractivity contribution in [2.45, 2.75) is 12.8 Å². The fraction of sp³-hybridized carbons (Fsp3) is 0.500. The van der Waals surface area contributed by atoms with Crippen LogP contribution < -0.4 is 5.84 Å². The normalized spacial score (nSPS) is 20.4. The number of hydrogen-bond donors (Lipinski definition) is 0. The number of nitrogens with one attached hydrogen (secondary N) is 1. The third-order valence-corrected chi connectivity index (χ3v) is 1.05. The molecule has 0 aromatic heterocycles. The zero-order valence-corrected chi connectivity index (χ0v) is 4.18. The summed E-state index contributed by atoms with van der Waals surface area (Å²) < 4.78 is 0. The van der Waals surface area contributed by atoms with Gasteiger partial charge in [0.2, 0.25) is 11.8 Å². The van der Waals surface area contributed by atoms with Crippen LogP contribution in [0, 0.1) is 0 Å². The molecular formula is C4H5N2O2. The minimum absolute atomic E-state index is 0.211. The van der Waals surface area contributed by atoms with E-state index in [1.807, 2.05) is 0 Å². The Balaban J connectivity index is 2.70. The molecular weight excluding hydrogens is 108 g/mol. The summed E-state index contributed by atoms with van der Waals surface area (Å²) in [6, 6.07) is 0. The molecule has 43 valence electrons. The summed E-state index contributed by atoms with van der Waals surface area (Å²) in [5, 5.41) is 0.417. The summed E-state index contributed by atoms with van der Waals surface area (Å²) in [7, 11) is 0. The number of imide groups is 1. The Morgan fingerprint density at radius 1 is 1.25 bits per heavy atom. The van der Waals surface area contributed by atoms with E-state index in [-0.39, 0.29) is 12.8 Å². The molecule has 0 aromatic rings. The highest BCUT2D eigenvalue weighted by molar-refractivity contribution is 6.00. The zero-order chi connectivity index (χ0) is 6.15. The second-order valence-corrected chi connectivity index (χ2v) is 1.62. The van der Waals surface area contributed by atoms with Gasteiger partial charge in [0.05, 0.1) is 0 Å². The van der Waals surface area contributed by atoms with Crippen molar-refractivity contribution in [3.05, 3.63) is 0 Å². The first-order valence-electron chi connectivity index (χ1n) is 2.29. The van der Waals surface area contributed by atoms with Crippen molar-refractivity contribution in [1.82, 2.24) is 10.9 Å². The molecule has 1 fully saturated rings. The van der Waals surface area contributed by atoms with Crippen LogP contribution in [0.4, 0.5) is 0 Å². The lowest BCUT2D eigenvalue weighted by Gasteiger charge is -1.98. The molecule has 0 bridgehead atoms. The average Bonchev–Trinajstić information content (AvgIpc) is 1.98. The van der Waals surface area contributed by atoms with Gasteiger partial charge in [0, 0.05) is 12.8 Å². The number of rotatable bonds is 0. The van der Waals surface area contributed by atoms with Crippen LogP contribution in [0.25, 0.3) is 0 Å². The quantitative estimate of drug-likeness (QED) is 0.391. The van der Waals surface area contributed by atoms with Crippen LogP contribution in [0.3, 0.4) is 0 Å². The van der Waals surface area contributed by atoms with E-state index in [0.717, 1.165) is 0 Å². The van der Waals surface area contributed by atoms with Crippen LogP contribution in [-0.2, 0) is 9.59 Å². The van der Waals surface area contributed by atoms with E-state index < -0.39 is 11.8 Å². The van der Waals surface area contributed by atoms with Crippen molar-refractivity contribution >= 4 is 11.8 Å². The SMILES string of the molecule is [NH]N1C(=O)CCC1=O.